The summed E-state index contributed by atoms with van der Waals surface area (Å²) in [5, 5.41) is 7.12. The Kier molecular flexibility index (Phi) is 1.28. The van der Waals surface area contributed by atoms with E-state index in [0.29, 0.717) is 5.54 Å². The number of fused-ring (bicyclic) bond motifs is 1. The fourth-order valence-electron chi connectivity index (χ4n) is 3.40. The van der Waals surface area contributed by atoms with Gasteiger partial charge in [-0.05, 0) is 24.8 Å². The topological polar surface area (TPSA) is 15.4 Å². The molecule has 3 aliphatic rings. The van der Waals surface area contributed by atoms with Gasteiger partial charge in [-0.3, -0.25) is 5.01 Å². The summed E-state index contributed by atoms with van der Waals surface area (Å²) in [6.45, 7) is 0. The first-order valence-electron chi connectivity index (χ1n) is 5.82. The Morgan fingerprint density at radius 3 is 2.93 bits per heavy atom. The van der Waals surface area contributed by atoms with Crippen LogP contribution in [-0.2, 0) is 0 Å². The molecule has 1 aromatic carbocycles. The van der Waals surface area contributed by atoms with E-state index in [2.05, 4.69) is 35.3 Å². The van der Waals surface area contributed by atoms with Crippen LogP contribution in [0.2, 0.25) is 0 Å². The van der Waals surface area contributed by atoms with Gasteiger partial charge >= 0.3 is 0 Å². The molecule has 2 fully saturated rings. The van der Waals surface area contributed by atoms with Crippen molar-refractivity contribution in [1.29, 1.82) is 0 Å². The van der Waals surface area contributed by atoms with Crippen molar-refractivity contribution in [2.45, 2.75) is 37.3 Å². The molecule has 0 amide bonds. The van der Waals surface area contributed by atoms with Crippen molar-refractivity contribution in [2.24, 2.45) is 5.10 Å². The molecule has 2 unspecified atom stereocenters. The molecule has 1 saturated carbocycles. The minimum absolute atomic E-state index is 0.477. The summed E-state index contributed by atoms with van der Waals surface area (Å²) in [5.74, 6) is 0. The quantitative estimate of drug-likeness (QED) is 0.632. The molecule has 15 heavy (non-hydrogen) atoms. The molecule has 2 nitrogen and oxygen atoms in total. The first kappa shape index (κ1) is 7.91. The summed E-state index contributed by atoms with van der Waals surface area (Å²) < 4.78 is 0. The maximum Gasteiger partial charge on any atom is 0.0858 e. The van der Waals surface area contributed by atoms with Crippen molar-refractivity contribution >= 4 is 5.71 Å². The van der Waals surface area contributed by atoms with E-state index in [-0.39, 0.29) is 0 Å². The van der Waals surface area contributed by atoms with Crippen LogP contribution in [0.15, 0.2) is 35.4 Å². The molecule has 2 heteroatoms. The smallest absolute Gasteiger partial charge is 0.0858 e. The second kappa shape index (κ2) is 2.43. The van der Waals surface area contributed by atoms with Gasteiger partial charge < -0.3 is 0 Å². The number of hydrogen-bond donors (Lipinski definition) is 0. The minimum Gasteiger partial charge on any atom is -0.283 e. The van der Waals surface area contributed by atoms with Gasteiger partial charge in [0, 0.05) is 6.42 Å². The highest BCUT2D eigenvalue weighted by Crippen LogP contribution is 2.59. The highest BCUT2D eigenvalue weighted by Gasteiger charge is 2.68. The standard InChI is InChI=1S/C13H14N2/c1-2-5-10(6-3-1)11-9-13-8-4-7-12(13)15(13)14-11/h1-3,5-6,12H,4,7-9H2. The molecule has 1 aromatic rings. The molecule has 4 rings (SSSR count). The van der Waals surface area contributed by atoms with Crippen molar-refractivity contribution in [3.8, 4) is 0 Å². The Morgan fingerprint density at radius 1 is 1.27 bits per heavy atom. The van der Waals surface area contributed by atoms with Crippen LogP contribution in [0, 0.1) is 0 Å². The average molecular weight is 198 g/mol. The van der Waals surface area contributed by atoms with Crippen molar-refractivity contribution in [3.63, 3.8) is 0 Å². The number of hydrazone groups is 1. The predicted molar refractivity (Wildman–Crippen MR) is 59.8 cm³/mol. The molecule has 2 heterocycles. The Hall–Kier alpha value is -1.31. The SMILES string of the molecule is c1ccc(C2=NN3C4CCCC43C2)cc1. The van der Waals surface area contributed by atoms with Crippen molar-refractivity contribution in [2.75, 3.05) is 0 Å². The van der Waals surface area contributed by atoms with Gasteiger partial charge in [-0.1, -0.05) is 30.3 Å². The molecule has 76 valence electrons. The lowest BCUT2D eigenvalue weighted by atomic mass is 9.96. The second-order valence-corrected chi connectivity index (χ2v) is 4.95. The molecule has 0 N–H and O–H groups in total. The van der Waals surface area contributed by atoms with Gasteiger partial charge in [0.05, 0.1) is 17.3 Å². The van der Waals surface area contributed by atoms with E-state index in [0.717, 1.165) is 6.04 Å². The summed E-state index contributed by atoms with van der Waals surface area (Å²) in [6, 6.07) is 11.4. The zero-order chi connectivity index (χ0) is 9.88. The number of benzene rings is 1. The maximum absolute atomic E-state index is 4.76. The van der Waals surface area contributed by atoms with Gasteiger partial charge in [0.15, 0.2) is 0 Å². The molecule has 0 aromatic heterocycles. The Morgan fingerprint density at radius 2 is 2.13 bits per heavy atom. The first-order valence-corrected chi connectivity index (χ1v) is 5.82. The van der Waals surface area contributed by atoms with Crippen LogP contribution in [0.1, 0.15) is 31.2 Å². The van der Waals surface area contributed by atoms with E-state index in [9.17, 15) is 0 Å². The lowest BCUT2D eigenvalue weighted by Crippen LogP contribution is -2.14. The zero-order valence-electron chi connectivity index (χ0n) is 8.69. The fraction of sp³-hybridized carbons (Fsp3) is 0.462. The van der Waals surface area contributed by atoms with E-state index >= 15 is 0 Å². The molecule has 1 saturated heterocycles. The Labute approximate surface area is 89.6 Å². The van der Waals surface area contributed by atoms with Gasteiger partial charge in [0.2, 0.25) is 0 Å². The third-order valence-corrected chi connectivity index (χ3v) is 4.20. The van der Waals surface area contributed by atoms with Crippen molar-refractivity contribution in [1.82, 2.24) is 5.01 Å². The lowest BCUT2D eigenvalue weighted by molar-refractivity contribution is 0.404. The van der Waals surface area contributed by atoms with Crippen LogP contribution in [0.4, 0.5) is 0 Å². The van der Waals surface area contributed by atoms with Crippen LogP contribution in [0.3, 0.4) is 0 Å². The van der Waals surface area contributed by atoms with Crippen LogP contribution < -0.4 is 0 Å². The van der Waals surface area contributed by atoms with Crippen LogP contribution >= 0.6 is 0 Å². The first-order chi connectivity index (χ1) is 7.40. The molecule has 0 bridgehead atoms. The van der Waals surface area contributed by atoms with E-state index in [4.69, 9.17) is 5.10 Å². The summed E-state index contributed by atoms with van der Waals surface area (Å²) in [7, 11) is 0. The van der Waals surface area contributed by atoms with E-state index in [1.165, 1.54) is 37.0 Å². The normalized spacial score (nSPS) is 36.1. The molecule has 2 atom stereocenters. The second-order valence-electron chi connectivity index (χ2n) is 4.95. The van der Waals surface area contributed by atoms with Crippen molar-refractivity contribution in [3.05, 3.63) is 35.9 Å². The lowest BCUT2D eigenvalue weighted by Gasteiger charge is -2.05. The van der Waals surface area contributed by atoms with Gasteiger partial charge in [-0.2, -0.15) is 5.10 Å². The highest BCUT2D eigenvalue weighted by atomic mass is 15.7. The minimum atomic E-state index is 0.477. The number of nitrogens with zero attached hydrogens (tertiary/aromatic N) is 2. The summed E-state index contributed by atoms with van der Waals surface area (Å²) in [4.78, 5) is 0. The number of rotatable bonds is 1. The zero-order valence-corrected chi connectivity index (χ0v) is 8.69. The molecular weight excluding hydrogens is 184 g/mol. The molecule has 1 aliphatic carbocycles. The van der Waals surface area contributed by atoms with E-state index < -0.39 is 0 Å². The van der Waals surface area contributed by atoms with Crippen LogP contribution in [0.5, 0.6) is 0 Å². The highest BCUT2D eigenvalue weighted by molar-refractivity contribution is 6.03. The third-order valence-electron chi connectivity index (χ3n) is 4.20. The fourth-order valence-corrected chi connectivity index (χ4v) is 3.40. The van der Waals surface area contributed by atoms with Crippen LogP contribution in [0.25, 0.3) is 0 Å². The largest absolute Gasteiger partial charge is 0.283 e. The molecule has 1 spiro atoms. The average Bonchev–Trinajstić information content (AvgIpc) is 2.73. The molecular formula is C13H14N2. The number of hydrogen-bond acceptors (Lipinski definition) is 2. The van der Waals surface area contributed by atoms with Gasteiger partial charge in [0.25, 0.3) is 0 Å². The molecule has 0 radical (unpaired) electrons. The Bertz CT molecular complexity index is 437. The summed E-state index contributed by atoms with van der Waals surface area (Å²) >= 11 is 0. The van der Waals surface area contributed by atoms with E-state index in [1.54, 1.807) is 0 Å². The van der Waals surface area contributed by atoms with E-state index in [1.807, 2.05) is 0 Å². The Balaban J connectivity index is 1.68. The van der Waals surface area contributed by atoms with Gasteiger partial charge in [-0.25, -0.2) is 0 Å². The predicted octanol–water partition coefficient (Wildman–Crippen LogP) is 2.40. The molecule has 2 aliphatic heterocycles. The van der Waals surface area contributed by atoms with Gasteiger partial charge in [-0.15, -0.1) is 0 Å². The maximum atomic E-state index is 4.76. The number of piperidine rings is 1. The van der Waals surface area contributed by atoms with Gasteiger partial charge in [0.1, 0.15) is 0 Å². The summed E-state index contributed by atoms with van der Waals surface area (Å²) in [6.07, 6.45) is 5.31. The summed E-state index contributed by atoms with van der Waals surface area (Å²) in [5.41, 5.74) is 3.09. The third kappa shape index (κ3) is 0.876. The monoisotopic (exact) mass is 198 g/mol. The van der Waals surface area contributed by atoms with Crippen LogP contribution in [-0.4, -0.2) is 22.3 Å². The van der Waals surface area contributed by atoms with Crippen molar-refractivity contribution < 1.29 is 0 Å².